The first kappa shape index (κ1) is 19.2. The number of rotatable bonds is 5. The predicted molar refractivity (Wildman–Crippen MR) is 106 cm³/mol. The van der Waals surface area contributed by atoms with E-state index < -0.39 is 0 Å². The smallest absolute Gasteiger partial charge is 0.274 e. The molecule has 150 valence electrons. The fraction of sp³-hybridized carbons (Fsp3) is 0.545. The average molecular weight is 383 g/mol. The summed E-state index contributed by atoms with van der Waals surface area (Å²) < 4.78 is 11.6. The number of nitrogens with one attached hydrogen (secondary N) is 2. The number of carbonyl (C=O) groups excluding carboxylic acids is 1. The zero-order chi connectivity index (χ0) is 19.7. The lowest BCUT2D eigenvalue weighted by Crippen LogP contribution is -2.49. The first-order valence-corrected chi connectivity index (χ1v) is 10.3. The Bertz CT molecular complexity index is 839. The number of amides is 1. The molecule has 0 saturated carbocycles. The minimum Gasteiger partial charge on any atom is -0.375 e. The third kappa shape index (κ3) is 3.14. The Kier molecular flexibility index (Phi) is 5.25. The summed E-state index contributed by atoms with van der Waals surface area (Å²) in [7, 11) is 0. The Balaban J connectivity index is 1.67. The minimum atomic E-state index is -0.217. The van der Waals surface area contributed by atoms with Crippen molar-refractivity contribution in [1.29, 1.82) is 0 Å². The van der Waals surface area contributed by atoms with E-state index >= 15 is 0 Å². The fourth-order valence-corrected chi connectivity index (χ4v) is 4.76. The van der Waals surface area contributed by atoms with E-state index in [0.29, 0.717) is 18.1 Å². The number of aromatic nitrogens is 1. The molecule has 1 spiro atoms. The SMILES string of the molecule is CCO[C@@H]1[C@@H](NC(=O)c2cc(C(C)C)on2)c2ccccc2C12CCNCC2. The van der Waals surface area contributed by atoms with Crippen molar-refractivity contribution < 1.29 is 14.1 Å². The molecule has 6 heteroatoms. The van der Waals surface area contributed by atoms with Gasteiger partial charge in [0.25, 0.3) is 5.91 Å². The third-order valence-corrected chi connectivity index (χ3v) is 6.14. The number of ether oxygens (including phenoxy) is 1. The highest BCUT2D eigenvalue weighted by atomic mass is 16.5. The van der Waals surface area contributed by atoms with Gasteiger partial charge in [0.05, 0.1) is 12.1 Å². The van der Waals surface area contributed by atoms with E-state index in [1.807, 2.05) is 26.8 Å². The van der Waals surface area contributed by atoms with Gasteiger partial charge in [-0.15, -0.1) is 0 Å². The van der Waals surface area contributed by atoms with E-state index in [1.54, 1.807) is 6.07 Å². The first-order valence-electron chi connectivity index (χ1n) is 10.3. The Morgan fingerprint density at radius 3 is 2.79 bits per heavy atom. The molecule has 2 atom stereocenters. The number of piperidine rings is 1. The second-order valence-corrected chi connectivity index (χ2v) is 8.09. The third-order valence-electron chi connectivity index (χ3n) is 6.14. The van der Waals surface area contributed by atoms with E-state index in [4.69, 9.17) is 9.26 Å². The van der Waals surface area contributed by atoms with Gasteiger partial charge in [-0.2, -0.15) is 0 Å². The standard InChI is InChI=1S/C22H29N3O3/c1-4-27-20-19(24-21(26)17-13-18(14(2)3)28-25-17)15-7-5-6-8-16(15)22(20)9-11-23-12-10-22/h5-8,13-14,19-20,23H,4,9-12H2,1-3H3,(H,24,26)/t19-,20+/m0/s1. The quantitative estimate of drug-likeness (QED) is 0.828. The minimum absolute atomic E-state index is 0.0667. The Morgan fingerprint density at radius 2 is 2.11 bits per heavy atom. The Hall–Kier alpha value is -2.18. The largest absolute Gasteiger partial charge is 0.375 e. The highest BCUT2D eigenvalue weighted by molar-refractivity contribution is 5.92. The van der Waals surface area contributed by atoms with Gasteiger partial charge < -0.3 is 19.9 Å². The predicted octanol–water partition coefficient (Wildman–Crippen LogP) is 3.31. The summed E-state index contributed by atoms with van der Waals surface area (Å²) in [5, 5.41) is 10.6. The summed E-state index contributed by atoms with van der Waals surface area (Å²) in [6.45, 7) is 8.58. The van der Waals surface area contributed by atoms with Crippen molar-refractivity contribution in [2.75, 3.05) is 19.7 Å². The molecular weight excluding hydrogens is 354 g/mol. The molecule has 1 fully saturated rings. The van der Waals surface area contributed by atoms with Crippen molar-refractivity contribution >= 4 is 5.91 Å². The van der Waals surface area contributed by atoms with E-state index in [-0.39, 0.29) is 29.4 Å². The maximum atomic E-state index is 13.0. The van der Waals surface area contributed by atoms with Gasteiger partial charge in [0.15, 0.2) is 5.69 Å². The Morgan fingerprint density at radius 1 is 1.36 bits per heavy atom. The summed E-state index contributed by atoms with van der Waals surface area (Å²) in [5.41, 5.74) is 2.72. The van der Waals surface area contributed by atoms with Gasteiger partial charge in [-0.1, -0.05) is 43.3 Å². The molecule has 2 aromatic rings. The molecular formula is C22H29N3O3. The van der Waals surface area contributed by atoms with Crippen LogP contribution in [-0.2, 0) is 10.2 Å². The molecule has 1 aromatic heterocycles. The van der Waals surface area contributed by atoms with Crippen LogP contribution in [-0.4, -0.2) is 36.9 Å². The maximum Gasteiger partial charge on any atom is 0.274 e. The van der Waals surface area contributed by atoms with Crippen LogP contribution in [0.4, 0.5) is 0 Å². The monoisotopic (exact) mass is 383 g/mol. The van der Waals surface area contributed by atoms with E-state index in [1.165, 1.54) is 5.56 Å². The topological polar surface area (TPSA) is 76.4 Å². The molecule has 2 heterocycles. The van der Waals surface area contributed by atoms with Crippen molar-refractivity contribution in [3.05, 3.63) is 52.9 Å². The zero-order valence-corrected chi connectivity index (χ0v) is 16.8. The molecule has 0 radical (unpaired) electrons. The fourth-order valence-electron chi connectivity index (χ4n) is 4.76. The number of hydrogen-bond acceptors (Lipinski definition) is 5. The lowest BCUT2D eigenvalue weighted by molar-refractivity contribution is -0.0208. The number of nitrogens with zero attached hydrogens (tertiary/aromatic N) is 1. The van der Waals surface area contributed by atoms with Crippen LogP contribution in [0.15, 0.2) is 34.9 Å². The molecule has 2 N–H and O–H groups in total. The summed E-state index contributed by atoms with van der Waals surface area (Å²) in [6, 6.07) is 9.98. The molecule has 0 unspecified atom stereocenters. The van der Waals surface area contributed by atoms with Crippen molar-refractivity contribution in [1.82, 2.24) is 15.8 Å². The van der Waals surface area contributed by atoms with Crippen LogP contribution in [0, 0.1) is 0 Å². The van der Waals surface area contributed by atoms with Gasteiger partial charge >= 0.3 is 0 Å². The molecule has 1 aliphatic carbocycles. The van der Waals surface area contributed by atoms with Crippen molar-refractivity contribution in [2.45, 2.75) is 57.1 Å². The molecule has 1 aromatic carbocycles. The molecule has 4 rings (SSSR count). The lowest BCUT2D eigenvalue weighted by atomic mass is 9.72. The number of benzene rings is 1. The molecule has 0 bridgehead atoms. The van der Waals surface area contributed by atoms with Gasteiger partial charge in [-0.25, -0.2) is 0 Å². The zero-order valence-electron chi connectivity index (χ0n) is 16.8. The number of fused-ring (bicyclic) bond motifs is 2. The van der Waals surface area contributed by atoms with Crippen LogP contribution < -0.4 is 10.6 Å². The van der Waals surface area contributed by atoms with Crippen molar-refractivity contribution in [2.24, 2.45) is 0 Å². The highest BCUT2D eigenvalue weighted by Gasteiger charge is 2.53. The van der Waals surface area contributed by atoms with E-state index in [0.717, 1.165) is 31.5 Å². The van der Waals surface area contributed by atoms with E-state index in [2.05, 4.69) is 34.0 Å². The molecule has 1 aliphatic heterocycles. The second-order valence-electron chi connectivity index (χ2n) is 8.09. The number of hydrogen-bond donors (Lipinski definition) is 2. The van der Waals surface area contributed by atoms with Gasteiger partial charge in [0.2, 0.25) is 0 Å². The van der Waals surface area contributed by atoms with Crippen LogP contribution in [0.3, 0.4) is 0 Å². The first-order chi connectivity index (χ1) is 13.6. The van der Waals surface area contributed by atoms with Crippen molar-refractivity contribution in [3.63, 3.8) is 0 Å². The molecule has 28 heavy (non-hydrogen) atoms. The summed E-state index contributed by atoms with van der Waals surface area (Å²) >= 11 is 0. The highest BCUT2D eigenvalue weighted by Crippen LogP contribution is 2.51. The van der Waals surface area contributed by atoms with Crippen LogP contribution >= 0.6 is 0 Å². The van der Waals surface area contributed by atoms with Gasteiger partial charge in [0, 0.05) is 24.0 Å². The summed E-state index contributed by atoms with van der Waals surface area (Å²) in [4.78, 5) is 13.0. The van der Waals surface area contributed by atoms with Crippen LogP contribution in [0.5, 0.6) is 0 Å². The normalized spacial score (nSPS) is 23.1. The van der Waals surface area contributed by atoms with Gasteiger partial charge in [-0.05, 0) is 44.0 Å². The molecule has 1 amide bonds. The van der Waals surface area contributed by atoms with Crippen molar-refractivity contribution in [3.8, 4) is 0 Å². The summed E-state index contributed by atoms with van der Waals surface area (Å²) in [6.07, 6.45) is 1.92. The molecule has 1 saturated heterocycles. The Labute approximate surface area is 166 Å². The second kappa shape index (κ2) is 7.68. The van der Waals surface area contributed by atoms with Gasteiger partial charge in [0.1, 0.15) is 5.76 Å². The maximum absolute atomic E-state index is 13.0. The van der Waals surface area contributed by atoms with Crippen LogP contribution in [0.2, 0.25) is 0 Å². The molecule has 2 aliphatic rings. The number of carbonyl (C=O) groups is 1. The summed E-state index contributed by atoms with van der Waals surface area (Å²) in [5.74, 6) is 0.690. The molecule has 6 nitrogen and oxygen atoms in total. The lowest BCUT2D eigenvalue weighted by Gasteiger charge is -2.41. The van der Waals surface area contributed by atoms with Gasteiger partial charge in [-0.3, -0.25) is 4.79 Å². The van der Waals surface area contributed by atoms with Crippen LogP contribution in [0.1, 0.15) is 72.9 Å². The average Bonchev–Trinajstić information content (AvgIpc) is 3.29. The van der Waals surface area contributed by atoms with E-state index in [9.17, 15) is 4.79 Å². The van der Waals surface area contributed by atoms with Crippen LogP contribution in [0.25, 0.3) is 0 Å².